The molecule has 2 heterocycles. The molecule has 4 rings (SSSR count). The first kappa shape index (κ1) is 18.3. The molecule has 28 heavy (non-hydrogen) atoms. The Morgan fingerprint density at radius 1 is 0.929 bits per heavy atom. The number of rotatable bonds is 6. The van der Waals surface area contributed by atoms with Crippen LogP contribution in [0.1, 0.15) is 13.8 Å². The third-order valence-electron chi connectivity index (χ3n) is 4.28. The fourth-order valence-electron chi connectivity index (χ4n) is 3.01. The maximum Gasteiger partial charge on any atom is 0.259 e. The van der Waals surface area contributed by atoms with E-state index in [1.165, 1.54) is 11.3 Å². The van der Waals surface area contributed by atoms with Crippen molar-refractivity contribution in [3.8, 4) is 33.3 Å². The van der Waals surface area contributed by atoms with Crippen LogP contribution in [0.2, 0.25) is 0 Å². The van der Waals surface area contributed by atoms with Gasteiger partial charge in [0.25, 0.3) is 5.56 Å². The predicted molar refractivity (Wildman–Crippen MR) is 113 cm³/mol. The Bertz CT molecular complexity index is 1170. The second-order valence-electron chi connectivity index (χ2n) is 6.14. The molecule has 2 aromatic carbocycles. The van der Waals surface area contributed by atoms with Gasteiger partial charge in [-0.15, -0.1) is 11.3 Å². The summed E-state index contributed by atoms with van der Waals surface area (Å²) in [6.45, 7) is 4.93. The highest BCUT2D eigenvalue weighted by atomic mass is 32.1. The van der Waals surface area contributed by atoms with Crippen LogP contribution in [-0.4, -0.2) is 23.2 Å². The summed E-state index contributed by atoms with van der Waals surface area (Å²) >= 11 is 1.51. The summed E-state index contributed by atoms with van der Waals surface area (Å²) in [7, 11) is 0. The van der Waals surface area contributed by atoms with Gasteiger partial charge in [0, 0.05) is 10.4 Å². The van der Waals surface area contributed by atoms with Gasteiger partial charge in [0.2, 0.25) is 0 Å². The van der Waals surface area contributed by atoms with Crippen LogP contribution in [0.5, 0.6) is 11.5 Å². The van der Waals surface area contributed by atoms with E-state index in [-0.39, 0.29) is 5.56 Å². The number of H-pyrrole nitrogens is 1. The predicted octanol–water partition coefficient (Wildman–Crippen LogP) is 5.12. The van der Waals surface area contributed by atoms with Crippen molar-refractivity contribution in [1.29, 1.82) is 0 Å². The highest BCUT2D eigenvalue weighted by Crippen LogP contribution is 2.34. The number of benzene rings is 2. The molecule has 0 aliphatic heterocycles. The van der Waals surface area contributed by atoms with Crippen molar-refractivity contribution in [1.82, 2.24) is 9.97 Å². The summed E-state index contributed by atoms with van der Waals surface area (Å²) in [5.41, 5.74) is 1.71. The number of aromatic nitrogens is 2. The number of aromatic amines is 1. The van der Waals surface area contributed by atoms with Crippen LogP contribution in [0.4, 0.5) is 0 Å². The van der Waals surface area contributed by atoms with Gasteiger partial charge in [0.15, 0.2) is 11.5 Å². The molecule has 5 nitrogen and oxygen atoms in total. The Balaban J connectivity index is 1.79. The van der Waals surface area contributed by atoms with Crippen molar-refractivity contribution in [2.45, 2.75) is 13.8 Å². The monoisotopic (exact) mass is 392 g/mol. The highest BCUT2D eigenvalue weighted by Gasteiger charge is 2.13. The van der Waals surface area contributed by atoms with Crippen molar-refractivity contribution in [2.75, 3.05) is 13.2 Å². The molecule has 0 saturated carbocycles. The summed E-state index contributed by atoms with van der Waals surface area (Å²) in [6.07, 6.45) is 0. The van der Waals surface area contributed by atoms with Gasteiger partial charge in [-0.1, -0.05) is 30.3 Å². The molecule has 4 aromatic rings. The molecular weight excluding hydrogens is 372 g/mol. The molecule has 0 saturated heterocycles. The van der Waals surface area contributed by atoms with E-state index in [2.05, 4.69) is 4.98 Å². The van der Waals surface area contributed by atoms with Crippen LogP contribution >= 0.6 is 11.3 Å². The summed E-state index contributed by atoms with van der Waals surface area (Å²) in [4.78, 5) is 22.0. The maximum absolute atomic E-state index is 12.7. The maximum atomic E-state index is 12.7. The molecule has 0 amide bonds. The lowest BCUT2D eigenvalue weighted by molar-refractivity contribution is 0.288. The number of hydrogen-bond acceptors (Lipinski definition) is 5. The smallest absolute Gasteiger partial charge is 0.259 e. The molecule has 0 spiro atoms. The number of ether oxygens (including phenoxy) is 2. The first-order valence-corrected chi connectivity index (χ1v) is 10.0. The summed E-state index contributed by atoms with van der Waals surface area (Å²) in [5.74, 6) is 1.84. The standard InChI is InChI=1S/C22H20N2O3S/c1-3-26-17-11-10-15(12-18(17)27-4-2)20-23-21(25)16-13-19(28-22(16)24-20)14-8-6-5-7-9-14/h5-13H,3-4H2,1-2H3,(H,23,24,25). The van der Waals surface area contributed by atoms with E-state index < -0.39 is 0 Å². The zero-order chi connectivity index (χ0) is 19.5. The normalized spacial score (nSPS) is 10.9. The number of nitrogens with zero attached hydrogens (tertiary/aromatic N) is 1. The van der Waals surface area contributed by atoms with Crippen LogP contribution in [0.3, 0.4) is 0 Å². The molecule has 0 unspecified atom stereocenters. The van der Waals surface area contributed by atoms with Crippen LogP contribution in [0, 0.1) is 0 Å². The van der Waals surface area contributed by atoms with Crippen LogP contribution in [0.15, 0.2) is 59.4 Å². The average molecular weight is 392 g/mol. The molecule has 1 N–H and O–H groups in total. The number of hydrogen-bond donors (Lipinski definition) is 1. The van der Waals surface area contributed by atoms with E-state index in [0.717, 1.165) is 16.0 Å². The molecule has 0 aliphatic rings. The van der Waals surface area contributed by atoms with Crippen LogP contribution in [-0.2, 0) is 0 Å². The zero-order valence-electron chi connectivity index (χ0n) is 15.7. The molecule has 0 radical (unpaired) electrons. The fourth-order valence-corrected chi connectivity index (χ4v) is 4.05. The lowest BCUT2D eigenvalue weighted by atomic mass is 10.1. The van der Waals surface area contributed by atoms with E-state index in [9.17, 15) is 4.79 Å². The zero-order valence-corrected chi connectivity index (χ0v) is 16.5. The van der Waals surface area contributed by atoms with E-state index in [1.54, 1.807) is 0 Å². The quantitative estimate of drug-likeness (QED) is 0.495. The molecule has 2 aromatic heterocycles. The van der Waals surface area contributed by atoms with Crippen molar-refractivity contribution in [3.05, 3.63) is 65.0 Å². The largest absolute Gasteiger partial charge is 0.490 e. The van der Waals surface area contributed by atoms with Crippen molar-refractivity contribution in [2.24, 2.45) is 0 Å². The van der Waals surface area contributed by atoms with Gasteiger partial charge in [0.05, 0.1) is 18.6 Å². The SMILES string of the molecule is CCOc1ccc(-c2nc3sc(-c4ccccc4)cc3c(=O)[nH]2)cc1OCC. The number of thiophene rings is 1. The van der Waals surface area contributed by atoms with E-state index in [4.69, 9.17) is 14.5 Å². The summed E-state index contributed by atoms with van der Waals surface area (Å²) in [6, 6.07) is 17.5. The van der Waals surface area contributed by atoms with Crippen molar-refractivity contribution < 1.29 is 9.47 Å². The fraction of sp³-hybridized carbons (Fsp3) is 0.182. The minimum absolute atomic E-state index is 0.148. The summed E-state index contributed by atoms with van der Waals surface area (Å²) in [5, 5.41) is 0.601. The van der Waals surface area contributed by atoms with Gasteiger partial charge in [-0.05, 0) is 43.7 Å². The van der Waals surface area contributed by atoms with Gasteiger partial charge >= 0.3 is 0 Å². The Labute approximate surface area is 166 Å². The van der Waals surface area contributed by atoms with Crippen LogP contribution < -0.4 is 15.0 Å². The Hall–Kier alpha value is -3.12. The molecule has 0 bridgehead atoms. The third-order valence-corrected chi connectivity index (χ3v) is 5.36. The number of fused-ring (bicyclic) bond motifs is 1. The van der Waals surface area contributed by atoms with E-state index in [0.29, 0.717) is 40.8 Å². The Morgan fingerprint density at radius 3 is 2.43 bits per heavy atom. The van der Waals surface area contributed by atoms with E-state index >= 15 is 0 Å². The van der Waals surface area contributed by atoms with Crippen LogP contribution in [0.25, 0.3) is 32.0 Å². The van der Waals surface area contributed by atoms with Gasteiger partial charge < -0.3 is 14.5 Å². The molecule has 0 aliphatic carbocycles. The lowest BCUT2D eigenvalue weighted by Crippen LogP contribution is -2.08. The van der Waals surface area contributed by atoms with Gasteiger partial charge in [-0.2, -0.15) is 0 Å². The minimum Gasteiger partial charge on any atom is -0.490 e. The first-order valence-electron chi connectivity index (χ1n) is 9.19. The molecule has 142 valence electrons. The number of nitrogens with one attached hydrogen (secondary N) is 1. The first-order chi connectivity index (χ1) is 13.7. The average Bonchev–Trinajstić information content (AvgIpc) is 3.15. The summed E-state index contributed by atoms with van der Waals surface area (Å²) < 4.78 is 11.3. The molecule has 6 heteroatoms. The Kier molecular flexibility index (Phi) is 5.12. The second kappa shape index (κ2) is 7.86. The van der Waals surface area contributed by atoms with Crippen molar-refractivity contribution in [3.63, 3.8) is 0 Å². The molecular formula is C22H20N2O3S. The van der Waals surface area contributed by atoms with Gasteiger partial charge in [-0.3, -0.25) is 4.79 Å². The topological polar surface area (TPSA) is 64.2 Å². The molecule has 0 fully saturated rings. The van der Waals surface area contributed by atoms with E-state index in [1.807, 2.05) is 68.4 Å². The molecule has 0 atom stereocenters. The minimum atomic E-state index is -0.148. The van der Waals surface area contributed by atoms with Gasteiger partial charge in [0.1, 0.15) is 10.7 Å². The lowest BCUT2D eigenvalue weighted by Gasteiger charge is -2.12. The highest BCUT2D eigenvalue weighted by molar-refractivity contribution is 7.21. The second-order valence-corrected chi connectivity index (χ2v) is 7.17. The third kappa shape index (κ3) is 3.51. The van der Waals surface area contributed by atoms with Crippen molar-refractivity contribution >= 4 is 21.6 Å². The Morgan fingerprint density at radius 2 is 1.68 bits per heavy atom. The van der Waals surface area contributed by atoms with Gasteiger partial charge in [-0.25, -0.2) is 4.98 Å².